The molecule has 0 amide bonds. The molecule has 0 radical (unpaired) electrons. The summed E-state index contributed by atoms with van der Waals surface area (Å²) in [4.78, 5) is 0. The summed E-state index contributed by atoms with van der Waals surface area (Å²) in [5.74, 6) is 0.659. The Labute approximate surface area is 99.6 Å². The largest absolute Gasteiger partial charge is 0.382 e. The molecule has 1 atom stereocenters. The van der Waals surface area contributed by atoms with Gasteiger partial charge in [-0.2, -0.15) is 0 Å². The van der Waals surface area contributed by atoms with Gasteiger partial charge in [-0.25, -0.2) is 0 Å². The van der Waals surface area contributed by atoms with Gasteiger partial charge >= 0.3 is 0 Å². The van der Waals surface area contributed by atoms with Gasteiger partial charge in [-0.1, -0.05) is 51.6 Å². The molecule has 0 spiro atoms. The maximum atomic E-state index is 4.82. The minimum atomic E-state index is 0. The first kappa shape index (κ1) is 15.1. The van der Waals surface area contributed by atoms with E-state index in [1.165, 1.54) is 5.56 Å². The third-order valence-corrected chi connectivity index (χ3v) is 2.22. The van der Waals surface area contributed by atoms with E-state index in [1.807, 2.05) is 6.07 Å². The summed E-state index contributed by atoms with van der Waals surface area (Å²) < 4.78 is 9.56. The van der Waals surface area contributed by atoms with Gasteiger partial charge < -0.3 is 9.47 Å². The van der Waals surface area contributed by atoms with Crippen molar-refractivity contribution in [1.82, 2.24) is 0 Å². The lowest BCUT2D eigenvalue weighted by atomic mass is 10.0. The van der Waals surface area contributed by atoms with Crippen molar-refractivity contribution in [2.24, 2.45) is 0 Å². The van der Waals surface area contributed by atoms with Crippen molar-refractivity contribution >= 4 is 0 Å². The van der Waals surface area contributed by atoms with Gasteiger partial charge in [0.25, 0.3) is 0 Å². The molecule has 1 aromatic carbocycles. The van der Waals surface area contributed by atoms with Crippen LogP contribution in [0.15, 0.2) is 30.3 Å². The van der Waals surface area contributed by atoms with Crippen LogP contribution in [0.5, 0.6) is 0 Å². The first-order chi connectivity index (χ1) is 7.24. The standard InChI is InChI=1S/C9H12.C4H8O2.CH4/c1-8(2)9-6-4-3-5-7-9;1-5-2-4-3-6-4;/h3-8H,1-2H3;4H,2-3H2,1H3;1H4. The summed E-state index contributed by atoms with van der Waals surface area (Å²) in [7, 11) is 1.68. The van der Waals surface area contributed by atoms with Gasteiger partial charge in [-0.15, -0.1) is 0 Å². The van der Waals surface area contributed by atoms with E-state index < -0.39 is 0 Å². The molecular formula is C14H24O2. The van der Waals surface area contributed by atoms with Crippen molar-refractivity contribution in [2.45, 2.75) is 33.3 Å². The highest BCUT2D eigenvalue weighted by molar-refractivity contribution is 5.17. The first-order valence-electron chi connectivity index (χ1n) is 5.39. The Kier molecular flexibility index (Phi) is 7.86. The minimum Gasteiger partial charge on any atom is -0.382 e. The highest BCUT2D eigenvalue weighted by atomic mass is 16.6. The second kappa shape index (κ2) is 8.31. The maximum absolute atomic E-state index is 4.82. The molecular weight excluding hydrogens is 200 g/mol. The average molecular weight is 224 g/mol. The van der Waals surface area contributed by atoms with Gasteiger partial charge in [0, 0.05) is 7.11 Å². The van der Waals surface area contributed by atoms with Gasteiger partial charge in [0.15, 0.2) is 0 Å². The molecule has 1 aromatic rings. The first-order valence-corrected chi connectivity index (χ1v) is 5.39. The highest BCUT2D eigenvalue weighted by Crippen LogP contribution is 2.11. The van der Waals surface area contributed by atoms with E-state index in [2.05, 4.69) is 38.1 Å². The molecule has 2 nitrogen and oxygen atoms in total. The molecule has 92 valence electrons. The molecule has 0 saturated carbocycles. The molecule has 0 aromatic heterocycles. The summed E-state index contributed by atoms with van der Waals surface area (Å²) in [5.41, 5.74) is 1.41. The molecule has 1 heterocycles. The second-order valence-corrected chi connectivity index (χ2v) is 3.98. The predicted molar refractivity (Wildman–Crippen MR) is 68.9 cm³/mol. The Bertz CT molecular complexity index is 253. The fraction of sp³-hybridized carbons (Fsp3) is 0.571. The van der Waals surface area contributed by atoms with Crippen LogP contribution in [-0.2, 0) is 9.47 Å². The number of rotatable bonds is 3. The number of methoxy groups -OCH3 is 1. The average Bonchev–Trinajstić information content (AvgIpc) is 3.05. The van der Waals surface area contributed by atoms with E-state index in [1.54, 1.807) is 7.11 Å². The third-order valence-electron chi connectivity index (χ3n) is 2.22. The Morgan fingerprint density at radius 2 is 1.88 bits per heavy atom. The van der Waals surface area contributed by atoms with Crippen LogP contribution >= 0.6 is 0 Å². The van der Waals surface area contributed by atoms with E-state index in [-0.39, 0.29) is 7.43 Å². The zero-order valence-corrected chi connectivity index (χ0v) is 9.77. The normalized spacial score (nSPS) is 17.1. The van der Waals surface area contributed by atoms with Crippen LogP contribution in [0, 0.1) is 0 Å². The zero-order valence-electron chi connectivity index (χ0n) is 9.77. The van der Waals surface area contributed by atoms with Crippen molar-refractivity contribution in [3.05, 3.63) is 35.9 Å². The Morgan fingerprint density at radius 1 is 1.31 bits per heavy atom. The van der Waals surface area contributed by atoms with Crippen molar-refractivity contribution < 1.29 is 9.47 Å². The molecule has 1 saturated heterocycles. The van der Waals surface area contributed by atoms with Crippen molar-refractivity contribution in [1.29, 1.82) is 0 Å². The smallest absolute Gasteiger partial charge is 0.104 e. The summed E-state index contributed by atoms with van der Waals surface area (Å²) in [6.45, 7) is 6.07. The fourth-order valence-corrected chi connectivity index (χ4v) is 1.19. The maximum Gasteiger partial charge on any atom is 0.104 e. The number of hydrogen-bond acceptors (Lipinski definition) is 2. The lowest BCUT2D eigenvalue weighted by molar-refractivity contribution is 0.171. The van der Waals surface area contributed by atoms with Gasteiger partial charge in [0.05, 0.1) is 13.2 Å². The molecule has 2 rings (SSSR count). The number of ether oxygens (including phenoxy) is 2. The van der Waals surface area contributed by atoms with E-state index in [0.717, 1.165) is 13.2 Å². The topological polar surface area (TPSA) is 21.8 Å². The second-order valence-electron chi connectivity index (χ2n) is 3.98. The fourth-order valence-electron chi connectivity index (χ4n) is 1.19. The summed E-state index contributed by atoms with van der Waals surface area (Å²) >= 11 is 0. The number of hydrogen-bond donors (Lipinski definition) is 0. The van der Waals surface area contributed by atoms with Crippen LogP contribution in [-0.4, -0.2) is 26.4 Å². The van der Waals surface area contributed by atoms with E-state index in [0.29, 0.717) is 12.0 Å². The molecule has 0 aliphatic carbocycles. The van der Waals surface area contributed by atoms with Crippen molar-refractivity contribution in [2.75, 3.05) is 20.3 Å². The predicted octanol–water partition coefficient (Wildman–Crippen LogP) is 3.48. The monoisotopic (exact) mass is 224 g/mol. The van der Waals surface area contributed by atoms with Crippen LogP contribution < -0.4 is 0 Å². The Morgan fingerprint density at radius 3 is 2.12 bits per heavy atom. The number of epoxide rings is 1. The van der Waals surface area contributed by atoms with E-state index in [4.69, 9.17) is 9.47 Å². The molecule has 1 aliphatic rings. The lowest BCUT2D eigenvalue weighted by Gasteiger charge is -2.01. The minimum absolute atomic E-state index is 0. The molecule has 1 aliphatic heterocycles. The summed E-state index contributed by atoms with van der Waals surface area (Å²) in [6, 6.07) is 10.5. The van der Waals surface area contributed by atoms with Crippen LogP contribution in [0.2, 0.25) is 0 Å². The lowest BCUT2D eigenvalue weighted by Crippen LogP contribution is -1.94. The summed E-state index contributed by atoms with van der Waals surface area (Å²) in [5, 5.41) is 0. The van der Waals surface area contributed by atoms with Crippen molar-refractivity contribution in [3.8, 4) is 0 Å². The molecule has 1 unspecified atom stereocenters. The number of benzene rings is 1. The highest BCUT2D eigenvalue weighted by Gasteiger charge is 2.21. The zero-order chi connectivity index (χ0) is 11.1. The van der Waals surface area contributed by atoms with Gasteiger partial charge in [-0.05, 0) is 11.5 Å². The van der Waals surface area contributed by atoms with Crippen LogP contribution in [0.3, 0.4) is 0 Å². The Balaban J connectivity index is 0.000000283. The van der Waals surface area contributed by atoms with E-state index >= 15 is 0 Å². The SMILES string of the molecule is C.CC(C)c1ccccc1.COCC1CO1. The summed E-state index contributed by atoms with van der Waals surface area (Å²) in [6.07, 6.45) is 0.426. The van der Waals surface area contributed by atoms with Crippen molar-refractivity contribution in [3.63, 3.8) is 0 Å². The molecule has 0 bridgehead atoms. The molecule has 0 N–H and O–H groups in total. The molecule has 16 heavy (non-hydrogen) atoms. The molecule has 1 fully saturated rings. The van der Waals surface area contributed by atoms with Crippen LogP contribution in [0.25, 0.3) is 0 Å². The third kappa shape index (κ3) is 6.59. The van der Waals surface area contributed by atoms with Crippen LogP contribution in [0.4, 0.5) is 0 Å². The Hall–Kier alpha value is -0.860. The molecule has 2 heteroatoms. The van der Waals surface area contributed by atoms with Gasteiger partial charge in [-0.3, -0.25) is 0 Å². The van der Waals surface area contributed by atoms with Gasteiger partial charge in [0.1, 0.15) is 6.10 Å². The quantitative estimate of drug-likeness (QED) is 0.733. The van der Waals surface area contributed by atoms with E-state index in [9.17, 15) is 0 Å². The van der Waals surface area contributed by atoms with Crippen LogP contribution in [0.1, 0.15) is 32.8 Å². The van der Waals surface area contributed by atoms with Gasteiger partial charge in [0.2, 0.25) is 0 Å².